The van der Waals surface area contributed by atoms with Crippen molar-refractivity contribution in [2.45, 2.75) is 46.6 Å². The lowest BCUT2D eigenvalue weighted by atomic mass is 9.87. The number of dihydropyridines is 1. The van der Waals surface area contributed by atoms with Crippen molar-refractivity contribution in [1.29, 1.82) is 0 Å². The summed E-state index contributed by atoms with van der Waals surface area (Å²) in [5.74, 6) is 0. The van der Waals surface area contributed by atoms with Gasteiger partial charge in [-0.25, -0.2) is 0 Å². The van der Waals surface area contributed by atoms with E-state index in [9.17, 15) is 0 Å². The van der Waals surface area contributed by atoms with E-state index >= 15 is 0 Å². The Bertz CT molecular complexity index is 206. The maximum atomic E-state index is 4.70. The Morgan fingerprint density at radius 2 is 2.17 bits per heavy atom. The van der Waals surface area contributed by atoms with E-state index in [0.717, 1.165) is 12.8 Å². The summed E-state index contributed by atoms with van der Waals surface area (Å²) in [5.41, 5.74) is 1.46. The van der Waals surface area contributed by atoms with Gasteiger partial charge in [-0.05, 0) is 18.9 Å². The van der Waals surface area contributed by atoms with Crippen molar-refractivity contribution >= 4 is 5.71 Å². The van der Waals surface area contributed by atoms with Crippen LogP contribution >= 0.6 is 0 Å². The van der Waals surface area contributed by atoms with Crippen molar-refractivity contribution in [3.05, 3.63) is 12.2 Å². The van der Waals surface area contributed by atoms with Crippen molar-refractivity contribution in [1.82, 2.24) is 0 Å². The maximum absolute atomic E-state index is 4.70. The monoisotopic (exact) mass is 165 g/mol. The summed E-state index contributed by atoms with van der Waals surface area (Å²) in [5, 5.41) is 0. The van der Waals surface area contributed by atoms with Crippen LogP contribution in [0.2, 0.25) is 0 Å². The minimum Gasteiger partial charge on any atom is -0.286 e. The minimum atomic E-state index is 0.213. The van der Waals surface area contributed by atoms with E-state index in [1.165, 1.54) is 5.71 Å². The number of hydrogen-bond acceptors (Lipinski definition) is 1. The molecule has 0 aliphatic carbocycles. The van der Waals surface area contributed by atoms with Gasteiger partial charge >= 0.3 is 0 Å². The van der Waals surface area contributed by atoms with E-state index in [1.54, 1.807) is 0 Å². The summed E-state index contributed by atoms with van der Waals surface area (Å²) in [7, 11) is 0. The smallest absolute Gasteiger partial charge is 0.0535 e. The van der Waals surface area contributed by atoms with Crippen LogP contribution in [0.4, 0.5) is 0 Å². The highest BCUT2D eigenvalue weighted by Crippen LogP contribution is 2.22. The third-order valence-electron chi connectivity index (χ3n) is 2.25. The van der Waals surface area contributed by atoms with E-state index in [2.05, 4.69) is 39.8 Å². The Hall–Kier alpha value is -0.590. The molecule has 0 saturated carbocycles. The summed E-state index contributed by atoms with van der Waals surface area (Å²) in [6, 6.07) is 0.532. The van der Waals surface area contributed by atoms with Gasteiger partial charge in [-0.2, -0.15) is 0 Å². The molecule has 0 fully saturated rings. The van der Waals surface area contributed by atoms with Crippen molar-refractivity contribution in [2.75, 3.05) is 0 Å². The van der Waals surface area contributed by atoms with Gasteiger partial charge in [0.25, 0.3) is 0 Å². The van der Waals surface area contributed by atoms with Gasteiger partial charge < -0.3 is 0 Å². The first-order valence-electron chi connectivity index (χ1n) is 4.79. The Balaban J connectivity index is 2.77. The molecule has 0 aromatic carbocycles. The van der Waals surface area contributed by atoms with Crippen LogP contribution < -0.4 is 0 Å². The zero-order valence-electron chi connectivity index (χ0n) is 8.59. The van der Waals surface area contributed by atoms with Gasteiger partial charge in [-0.1, -0.05) is 33.8 Å². The van der Waals surface area contributed by atoms with Crippen molar-refractivity contribution in [3.63, 3.8) is 0 Å². The summed E-state index contributed by atoms with van der Waals surface area (Å²) >= 11 is 0. The maximum Gasteiger partial charge on any atom is 0.0535 e. The Morgan fingerprint density at radius 1 is 1.50 bits per heavy atom. The van der Waals surface area contributed by atoms with Crippen LogP contribution in [0.15, 0.2) is 17.1 Å². The fourth-order valence-corrected chi connectivity index (χ4v) is 1.33. The molecule has 0 radical (unpaired) electrons. The molecule has 1 heteroatoms. The van der Waals surface area contributed by atoms with E-state index in [-0.39, 0.29) is 5.41 Å². The molecule has 1 heterocycles. The average molecular weight is 165 g/mol. The fraction of sp³-hybridized carbons (Fsp3) is 0.727. The minimum absolute atomic E-state index is 0.213. The average Bonchev–Trinajstić information content (AvgIpc) is 2.03. The SMILES string of the molecule is CCC1CC=CC(C(C)(C)C)=N1. The Morgan fingerprint density at radius 3 is 2.67 bits per heavy atom. The lowest BCUT2D eigenvalue weighted by Gasteiger charge is -2.24. The van der Waals surface area contributed by atoms with Crippen molar-refractivity contribution in [2.24, 2.45) is 10.4 Å². The van der Waals surface area contributed by atoms with Gasteiger partial charge in [-0.3, -0.25) is 4.99 Å². The molecular formula is C11H19N. The normalized spacial score (nSPS) is 24.0. The highest BCUT2D eigenvalue weighted by molar-refractivity contribution is 5.99. The number of aliphatic imine (C=N–C) groups is 1. The van der Waals surface area contributed by atoms with Crippen LogP contribution in [-0.4, -0.2) is 11.8 Å². The Kier molecular flexibility index (Phi) is 2.71. The van der Waals surface area contributed by atoms with E-state index < -0.39 is 0 Å². The molecule has 1 nitrogen and oxygen atoms in total. The second-order valence-electron chi connectivity index (χ2n) is 4.46. The van der Waals surface area contributed by atoms with Gasteiger partial charge in [0.05, 0.1) is 6.04 Å². The first-order chi connectivity index (χ1) is 5.54. The summed E-state index contributed by atoms with van der Waals surface area (Å²) < 4.78 is 0. The van der Waals surface area contributed by atoms with Gasteiger partial charge in [0, 0.05) is 11.1 Å². The third kappa shape index (κ3) is 2.20. The number of nitrogens with zero attached hydrogens (tertiary/aromatic N) is 1. The third-order valence-corrected chi connectivity index (χ3v) is 2.25. The zero-order valence-corrected chi connectivity index (χ0v) is 8.59. The zero-order chi connectivity index (χ0) is 9.19. The van der Waals surface area contributed by atoms with Crippen LogP contribution in [0, 0.1) is 5.41 Å². The largest absolute Gasteiger partial charge is 0.286 e. The topological polar surface area (TPSA) is 12.4 Å². The van der Waals surface area contributed by atoms with Crippen LogP contribution in [0.1, 0.15) is 40.5 Å². The van der Waals surface area contributed by atoms with Crippen LogP contribution in [0.3, 0.4) is 0 Å². The second-order valence-corrected chi connectivity index (χ2v) is 4.46. The highest BCUT2D eigenvalue weighted by Gasteiger charge is 2.19. The first kappa shape index (κ1) is 9.50. The predicted molar refractivity (Wildman–Crippen MR) is 54.7 cm³/mol. The van der Waals surface area contributed by atoms with Crippen LogP contribution in [0.25, 0.3) is 0 Å². The quantitative estimate of drug-likeness (QED) is 0.565. The Labute approximate surface area is 75.6 Å². The van der Waals surface area contributed by atoms with Gasteiger partial charge in [0.1, 0.15) is 0 Å². The molecule has 1 atom stereocenters. The molecule has 0 bridgehead atoms. The molecule has 68 valence electrons. The number of hydrogen-bond donors (Lipinski definition) is 0. The lowest BCUT2D eigenvalue weighted by molar-refractivity contribution is 0.568. The number of rotatable bonds is 1. The van der Waals surface area contributed by atoms with Gasteiger partial charge in [0.2, 0.25) is 0 Å². The molecule has 0 aromatic rings. The lowest BCUT2D eigenvalue weighted by Crippen LogP contribution is -2.23. The van der Waals surface area contributed by atoms with Crippen molar-refractivity contribution in [3.8, 4) is 0 Å². The standard InChI is InChI=1S/C11H19N/c1-5-9-7-6-8-10(12-9)11(2,3)4/h6,8-9H,5,7H2,1-4H3. The first-order valence-corrected chi connectivity index (χ1v) is 4.79. The molecule has 1 aliphatic heterocycles. The van der Waals surface area contributed by atoms with Crippen molar-refractivity contribution < 1.29 is 0 Å². The van der Waals surface area contributed by atoms with Crippen LogP contribution in [-0.2, 0) is 0 Å². The summed E-state index contributed by atoms with van der Waals surface area (Å²) in [6.07, 6.45) is 6.70. The molecule has 1 aliphatic rings. The highest BCUT2D eigenvalue weighted by atomic mass is 14.8. The second kappa shape index (κ2) is 3.42. The summed E-state index contributed by atoms with van der Waals surface area (Å²) in [4.78, 5) is 4.70. The van der Waals surface area contributed by atoms with Gasteiger partial charge in [-0.15, -0.1) is 0 Å². The predicted octanol–water partition coefficient (Wildman–Crippen LogP) is 3.21. The molecule has 1 unspecified atom stereocenters. The van der Waals surface area contributed by atoms with E-state index in [1.807, 2.05) is 0 Å². The van der Waals surface area contributed by atoms with Crippen LogP contribution in [0.5, 0.6) is 0 Å². The molecule has 1 rings (SSSR count). The fourth-order valence-electron chi connectivity index (χ4n) is 1.33. The molecule has 0 amide bonds. The van der Waals surface area contributed by atoms with Gasteiger partial charge in [0.15, 0.2) is 0 Å². The molecular weight excluding hydrogens is 146 g/mol. The molecule has 0 aromatic heterocycles. The summed E-state index contributed by atoms with van der Waals surface area (Å²) in [6.45, 7) is 8.85. The van der Waals surface area contributed by atoms with E-state index in [4.69, 9.17) is 4.99 Å². The molecule has 0 spiro atoms. The van der Waals surface area contributed by atoms with E-state index in [0.29, 0.717) is 6.04 Å². The molecule has 0 N–H and O–H groups in total. The molecule has 0 saturated heterocycles. The number of allylic oxidation sites excluding steroid dienone is 1. The molecule has 12 heavy (non-hydrogen) atoms.